The summed E-state index contributed by atoms with van der Waals surface area (Å²) in [7, 11) is -3.21. The highest BCUT2D eigenvalue weighted by Crippen LogP contribution is 2.21. The molecule has 2 aromatic rings. The number of likely N-dealkylation sites (tertiary alicyclic amines) is 1. The molecule has 0 radical (unpaired) electrons. The first-order chi connectivity index (χ1) is 13.3. The maximum absolute atomic E-state index is 11.5. The van der Waals surface area contributed by atoms with Gasteiger partial charge in [-0.15, -0.1) is 0 Å². The van der Waals surface area contributed by atoms with Crippen molar-refractivity contribution >= 4 is 21.4 Å². The molecule has 0 unspecified atom stereocenters. The molecule has 1 fully saturated rings. The van der Waals surface area contributed by atoms with Crippen LogP contribution in [0.15, 0.2) is 53.4 Å². The van der Waals surface area contributed by atoms with Crippen molar-refractivity contribution in [2.24, 2.45) is 5.92 Å². The summed E-state index contributed by atoms with van der Waals surface area (Å²) in [5, 5.41) is 11.1. The average Bonchev–Trinajstić information content (AvgIpc) is 2.66. The van der Waals surface area contributed by atoms with Crippen molar-refractivity contribution in [2.75, 3.05) is 32.5 Å². The zero-order valence-corrected chi connectivity index (χ0v) is 17.5. The first-order valence-corrected chi connectivity index (χ1v) is 11.7. The van der Waals surface area contributed by atoms with E-state index < -0.39 is 15.9 Å². The van der Waals surface area contributed by atoms with Crippen LogP contribution in [-0.4, -0.2) is 57.0 Å². The summed E-state index contributed by atoms with van der Waals surface area (Å²) in [5.74, 6) is 0.623. The molecule has 5 nitrogen and oxygen atoms in total. The number of sulfone groups is 1. The summed E-state index contributed by atoms with van der Waals surface area (Å²) in [4.78, 5) is 2.61. The van der Waals surface area contributed by atoms with Crippen LogP contribution in [-0.2, 0) is 16.3 Å². The summed E-state index contributed by atoms with van der Waals surface area (Å²) in [6.07, 6.45) is 2.42. The van der Waals surface area contributed by atoms with Gasteiger partial charge in [0.25, 0.3) is 0 Å². The number of hydrogen-bond donors (Lipinski definition) is 1. The van der Waals surface area contributed by atoms with E-state index in [-0.39, 0.29) is 10.8 Å². The third kappa shape index (κ3) is 5.95. The molecule has 0 bridgehead atoms. The van der Waals surface area contributed by atoms with Crippen molar-refractivity contribution in [3.63, 3.8) is 0 Å². The van der Waals surface area contributed by atoms with E-state index in [2.05, 4.69) is 11.0 Å². The van der Waals surface area contributed by atoms with E-state index in [1.807, 2.05) is 18.2 Å². The molecule has 1 saturated heterocycles. The molecule has 2 aromatic carbocycles. The largest absolute Gasteiger partial charge is 0.493 e. The van der Waals surface area contributed by atoms with Gasteiger partial charge in [0.15, 0.2) is 9.84 Å². The van der Waals surface area contributed by atoms with E-state index in [4.69, 9.17) is 16.3 Å². The Labute approximate surface area is 171 Å². The molecule has 0 amide bonds. The van der Waals surface area contributed by atoms with Crippen LogP contribution in [0.5, 0.6) is 5.75 Å². The highest BCUT2D eigenvalue weighted by Gasteiger charge is 2.28. The van der Waals surface area contributed by atoms with Crippen LogP contribution < -0.4 is 4.74 Å². The molecule has 1 aliphatic rings. The van der Waals surface area contributed by atoms with Gasteiger partial charge in [0.05, 0.1) is 17.6 Å². The number of ether oxygens (including phenoxy) is 1. The molecule has 3 rings (SSSR count). The third-order valence-corrected chi connectivity index (χ3v) is 6.46. The normalized spacial score (nSPS) is 20.8. The Balaban J connectivity index is 1.51. The fraction of sp³-hybridized carbons (Fsp3) is 0.429. The maximum atomic E-state index is 11.5. The molecule has 7 heteroatoms. The van der Waals surface area contributed by atoms with Gasteiger partial charge >= 0.3 is 0 Å². The lowest BCUT2D eigenvalue weighted by Crippen LogP contribution is -2.46. The third-order valence-electron chi connectivity index (χ3n) is 5.10. The van der Waals surface area contributed by atoms with Crippen molar-refractivity contribution in [2.45, 2.75) is 23.8 Å². The average molecular weight is 424 g/mol. The van der Waals surface area contributed by atoms with E-state index in [0.717, 1.165) is 37.5 Å². The number of benzene rings is 2. The first-order valence-electron chi connectivity index (χ1n) is 9.39. The molecule has 2 atom stereocenters. The van der Waals surface area contributed by atoms with Gasteiger partial charge in [0, 0.05) is 36.8 Å². The Bertz CT molecular complexity index is 886. The van der Waals surface area contributed by atoms with Crippen molar-refractivity contribution in [1.29, 1.82) is 0 Å². The zero-order chi connectivity index (χ0) is 20.1. The lowest BCUT2D eigenvalue weighted by atomic mass is 9.95. The van der Waals surface area contributed by atoms with Crippen molar-refractivity contribution in [3.8, 4) is 5.75 Å². The molecule has 0 saturated carbocycles. The van der Waals surface area contributed by atoms with Gasteiger partial charge in [-0.1, -0.05) is 23.7 Å². The van der Waals surface area contributed by atoms with Crippen LogP contribution in [0, 0.1) is 5.92 Å². The Morgan fingerprint density at radius 1 is 1.21 bits per heavy atom. The maximum Gasteiger partial charge on any atom is 0.175 e. The quantitative estimate of drug-likeness (QED) is 0.741. The smallest absolute Gasteiger partial charge is 0.175 e. The summed E-state index contributed by atoms with van der Waals surface area (Å²) in [6.45, 7) is 2.93. The molecule has 1 N–H and O–H groups in total. The van der Waals surface area contributed by atoms with Crippen LogP contribution in [0.3, 0.4) is 0 Å². The second kappa shape index (κ2) is 9.27. The molecule has 0 aromatic heterocycles. The summed E-state index contributed by atoms with van der Waals surface area (Å²) >= 11 is 6.05. The summed E-state index contributed by atoms with van der Waals surface area (Å²) < 4.78 is 28.9. The van der Waals surface area contributed by atoms with Crippen molar-refractivity contribution in [3.05, 3.63) is 59.1 Å². The van der Waals surface area contributed by atoms with E-state index in [0.29, 0.717) is 12.4 Å². The Hall–Kier alpha value is -1.60. The summed E-state index contributed by atoms with van der Waals surface area (Å²) in [6, 6.07) is 14.3. The zero-order valence-electron chi connectivity index (χ0n) is 15.9. The van der Waals surface area contributed by atoms with Crippen LogP contribution in [0.2, 0.25) is 5.02 Å². The van der Waals surface area contributed by atoms with Crippen LogP contribution in [0.1, 0.15) is 12.0 Å². The topological polar surface area (TPSA) is 66.8 Å². The number of piperidine rings is 1. The number of aliphatic hydroxyl groups excluding tert-OH is 1. The van der Waals surface area contributed by atoms with E-state index in [9.17, 15) is 13.5 Å². The highest BCUT2D eigenvalue weighted by molar-refractivity contribution is 7.90. The Morgan fingerprint density at radius 2 is 1.96 bits per heavy atom. The SMILES string of the molecule is CS(=O)(=O)c1ccc(OC[C@@H]2CN(CCc3cccc(Cl)c3)CC[C@@H]2O)cc1. The van der Waals surface area contributed by atoms with Gasteiger partial charge in [-0.05, 0) is 54.8 Å². The minimum absolute atomic E-state index is 0.0164. The number of hydrogen-bond acceptors (Lipinski definition) is 5. The minimum atomic E-state index is -3.21. The standard InChI is InChI=1S/C21H26ClNO4S/c1-28(25,26)20-7-5-19(6-8-20)27-15-17-14-23(12-10-21(17)24)11-9-16-3-2-4-18(22)13-16/h2-8,13,17,21,24H,9-12,14-15H2,1H3/t17-,21-/m0/s1. The number of nitrogens with zero attached hydrogens (tertiary/aromatic N) is 1. The molecule has 0 spiro atoms. The number of halogens is 1. The van der Waals surface area contributed by atoms with Crippen LogP contribution >= 0.6 is 11.6 Å². The van der Waals surface area contributed by atoms with Gasteiger partial charge in [-0.2, -0.15) is 0 Å². The molecular formula is C21H26ClNO4S. The summed E-state index contributed by atoms with van der Waals surface area (Å²) in [5.41, 5.74) is 1.21. The van der Waals surface area contributed by atoms with Crippen molar-refractivity contribution in [1.82, 2.24) is 4.90 Å². The van der Waals surface area contributed by atoms with Gasteiger partial charge < -0.3 is 14.7 Å². The van der Waals surface area contributed by atoms with Crippen molar-refractivity contribution < 1.29 is 18.3 Å². The molecule has 1 heterocycles. The molecular weight excluding hydrogens is 398 g/mol. The van der Waals surface area contributed by atoms with E-state index in [1.54, 1.807) is 24.3 Å². The Morgan fingerprint density at radius 3 is 2.64 bits per heavy atom. The second-order valence-corrected chi connectivity index (χ2v) is 9.80. The van der Waals surface area contributed by atoms with Gasteiger partial charge in [-0.3, -0.25) is 0 Å². The van der Waals surface area contributed by atoms with Gasteiger partial charge in [-0.25, -0.2) is 8.42 Å². The molecule has 28 heavy (non-hydrogen) atoms. The minimum Gasteiger partial charge on any atom is -0.493 e. The lowest BCUT2D eigenvalue weighted by Gasteiger charge is -2.36. The van der Waals surface area contributed by atoms with E-state index >= 15 is 0 Å². The monoisotopic (exact) mass is 423 g/mol. The number of rotatable bonds is 7. The lowest BCUT2D eigenvalue weighted by molar-refractivity contribution is 0.00592. The molecule has 1 aliphatic heterocycles. The first kappa shape index (κ1) is 21.1. The molecule has 152 valence electrons. The van der Waals surface area contributed by atoms with E-state index in [1.165, 1.54) is 11.8 Å². The number of aliphatic hydroxyl groups is 1. The predicted molar refractivity (Wildman–Crippen MR) is 111 cm³/mol. The fourth-order valence-corrected chi connectivity index (χ4v) is 4.27. The fourth-order valence-electron chi connectivity index (χ4n) is 3.43. The van der Waals surface area contributed by atoms with Crippen LogP contribution in [0.4, 0.5) is 0 Å². The van der Waals surface area contributed by atoms with Crippen LogP contribution in [0.25, 0.3) is 0 Å². The highest BCUT2D eigenvalue weighted by atomic mass is 35.5. The predicted octanol–water partition coefficient (Wildman–Crippen LogP) is 3.05. The van der Waals surface area contributed by atoms with Gasteiger partial charge in [0.2, 0.25) is 0 Å². The van der Waals surface area contributed by atoms with Gasteiger partial charge in [0.1, 0.15) is 5.75 Å². The molecule has 0 aliphatic carbocycles. The Kier molecular flexibility index (Phi) is 6.99. The second-order valence-electron chi connectivity index (χ2n) is 7.35.